The fourth-order valence-electron chi connectivity index (χ4n) is 1.38. The minimum atomic E-state index is -5.91. The van der Waals surface area contributed by atoms with Gasteiger partial charge >= 0.3 is 126 Å². The third kappa shape index (κ3) is 15.1. The van der Waals surface area contributed by atoms with Crippen molar-refractivity contribution in [1.82, 2.24) is 0 Å². The van der Waals surface area contributed by atoms with Crippen LogP contribution in [0.25, 0.3) is 0 Å². The molecule has 14 nitrogen and oxygen atoms in total. The summed E-state index contributed by atoms with van der Waals surface area (Å²) in [4.78, 5) is 49.9. The number of aliphatic hydroxyl groups is 2. The smallest absolute Gasteiger partial charge is 0.790 e. The van der Waals surface area contributed by atoms with Gasteiger partial charge in [0.25, 0.3) is 0 Å². The molecule has 0 radical (unpaired) electrons. The molecule has 0 aliphatic carbocycles. The predicted octanol–water partition coefficient (Wildman–Crippen LogP) is -16.7. The molecule has 1 saturated heterocycles. The van der Waals surface area contributed by atoms with Crippen LogP contribution >= 0.6 is 23.5 Å². The molecular weight excluding hydrogens is 469 g/mol. The second-order valence-electron chi connectivity index (χ2n) is 3.87. The van der Waals surface area contributed by atoms with Crippen LogP contribution in [-0.4, -0.2) is 46.3 Å². The van der Waals surface area contributed by atoms with Crippen molar-refractivity contribution in [3.05, 3.63) is 0 Å². The third-order valence-corrected chi connectivity index (χ3v) is 4.72. The first-order chi connectivity index (χ1) is 9.70. The second kappa shape index (κ2) is 15.2. The standard InChI is InChI=1S/C5H13O14P3.4Na/c6-3-2(1-16-20(8,9)10)17-5(4(3)7)18-22(14,15)19-21(11,12)13;;;;/h2-7H,1H2,(H,14,15)(H2,8,9,10)(H2,11,12,13);;;;/q;4*+1/p-4/t2-,3-,4-,5-;;;;/m1..../s1. The van der Waals surface area contributed by atoms with Crippen molar-refractivity contribution in [2.75, 3.05) is 6.61 Å². The Labute approximate surface area is 236 Å². The third-order valence-electron chi connectivity index (χ3n) is 2.16. The summed E-state index contributed by atoms with van der Waals surface area (Å²) in [5.74, 6) is 0. The van der Waals surface area contributed by atoms with Gasteiger partial charge in [0.15, 0.2) is 6.29 Å². The normalized spacial score (nSPS) is 27.8. The Hall–Kier alpha value is 4.25. The van der Waals surface area contributed by atoms with Crippen molar-refractivity contribution in [1.29, 1.82) is 0 Å². The first-order valence-electron chi connectivity index (χ1n) is 5.13. The summed E-state index contributed by atoms with van der Waals surface area (Å²) in [6.07, 6.45) is -7.80. The Morgan fingerprint density at radius 2 is 1.35 bits per heavy atom. The maximum atomic E-state index is 11.2. The average molecular weight is 478 g/mol. The van der Waals surface area contributed by atoms with E-state index in [4.69, 9.17) is 4.89 Å². The van der Waals surface area contributed by atoms with Gasteiger partial charge in [0, 0.05) is 0 Å². The minimum absolute atomic E-state index is 0. The van der Waals surface area contributed by atoms with Crippen molar-refractivity contribution < 1.29 is 185 Å². The van der Waals surface area contributed by atoms with Gasteiger partial charge < -0.3 is 53.1 Å². The molecule has 1 heterocycles. The van der Waals surface area contributed by atoms with Gasteiger partial charge in [0.2, 0.25) is 0 Å². The Kier molecular flexibility index (Phi) is 21.9. The van der Waals surface area contributed by atoms with Crippen LogP contribution in [0.3, 0.4) is 0 Å². The van der Waals surface area contributed by atoms with E-state index in [0.29, 0.717) is 0 Å². The number of aliphatic hydroxyl groups excluding tert-OH is 2. The molecule has 5 atom stereocenters. The van der Waals surface area contributed by atoms with E-state index in [1.54, 1.807) is 0 Å². The first kappa shape index (κ1) is 37.6. The Morgan fingerprint density at radius 1 is 0.885 bits per heavy atom. The summed E-state index contributed by atoms with van der Waals surface area (Å²) < 4.78 is 47.2. The molecule has 1 aliphatic heterocycles. The van der Waals surface area contributed by atoms with Gasteiger partial charge in [-0.1, -0.05) is 0 Å². The number of hydrogen-bond acceptors (Lipinski definition) is 13. The average Bonchev–Trinajstić information content (AvgIpc) is 2.49. The van der Waals surface area contributed by atoms with Gasteiger partial charge in [-0.15, -0.1) is 0 Å². The maximum absolute atomic E-state index is 11.2. The number of rotatable bonds is 7. The summed E-state index contributed by atoms with van der Waals surface area (Å²) in [5, 5.41) is 18.9. The number of phosphoric ester groups is 2. The number of ether oxygens (including phenoxy) is 1. The van der Waals surface area contributed by atoms with Crippen molar-refractivity contribution >= 4 is 23.5 Å². The molecule has 0 saturated carbocycles. The molecule has 0 spiro atoms. The Bertz CT molecular complexity index is 537. The molecule has 21 heteroatoms. The monoisotopic (exact) mass is 478 g/mol. The van der Waals surface area contributed by atoms with E-state index >= 15 is 0 Å². The van der Waals surface area contributed by atoms with Crippen LogP contribution in [0.1, 0.15) is 0 Å². The van der Waals surface area contributed by atoms with Crippen LogP contribution in [0.4, 0.5) is 0 Å². The fraction of sp³-hybridized carbons (Fsp3) is 1.00. The van der Waals surface area contributed by atoms with E-state index in [0.717, 1.165) is 0 Å². The summed E-state index contributed by atoms with van der Waals surface area (Å²) in [6.45, 7) is -1.06. The van der Waals surface area contributed by atoms with Gasteiger partial charge in [-0.2, -0.15) is 0 Å². The van der Waals surface area contributed by atoms with E-state index in [1.807, 2.05) is 0 Å². The number of phosphoric acid groups is 3. The van der Waals surface area contributed by atoms with Crippen LogP contribution in [0, 0.1) is 0 Å². The van der Waals surface area contributed by atoms with Crippen molar-refractivity contribution in [2.24, 2.45) is 0 Å². The molecule has 132 valence electrons. The van der Waals surface area contributed by atoms with Crippen LogP contribution in [0.15, 0.2) is 0 Å². The number of hydrogen-bond donors (Lipinski definition) is 3. The maximum Gasteiger partial charge on any atom is 1.00 e. The van der Waals surface area contributed by atoms with E-state index in [9.17, 15) is 43.5 Å². The van der Waals surface area contributed by atoms with Crippen LogP contribution in [-0.2, 0) is 31.8 Å². The molecule has 26 heavy (non-hydrogen) atoms. The molecule has 0 aromatic heterocycles. The zero-order chi connectivity index (χ0) is 17.3. The summed E-state index contributed by atoms with van der Waals surface area (Å²) in [5.41, 5.74) is 0. The SMILES string of the molecule is O=P([O-])([O-])OC[C@H]1O[C@H](OP(=O)(O)OP(=O)([O-])[O-])[C@H](O)[C@@H]1O.[Na+].[Na+].[Na+].[Na+]. The molecule has 0 aromatic rings. The molecule has 1 fully saturated rings. The summed E-state index contributed by atoms with van der Waals surface area (Å²) in [7, 11) is -16.8. The molecule has 1 rings (SSSR count). The van der Waals surface area contributed by atoms with Crippen molar-refractivity contribution in [2.45, 2.75) is 24.6 Å². The molecule has 1 unspecified atom stereocenters. The van der Waals surface area contributed by atoms with Gasteiger partial charge in [0.05, 0.1) is 22.3 Å². The zero-order valence-electron chi connectivity index (χ0n) is 14.2. The fourth-order valence-corrected chi connectivity index (χ4v) is 3.31. The van der Waals surface area contributed by atoms with Gasteiger partial charge in [-0.05, 0) is 0 Å². The van der Waals surface area contributed by atoms with E-state index < -0.39 is 54.7 Å². The largest absolute Gasteiger partial charge is 1.00 e. The summed E-state index contributed by atoms with van der Waals surface area (Å²) in [6, 6.07) is 0. The summed E-state index contributed by atoms with van der Waals surface area (Å²) >= 11 is 0. The van der Waals surface area contributed by atoms with Crippen LogP contribution in [0.5, 0.6) is 0 Å². The quantitative estimate of drug-likeness (QED) is 0.227. The molecule has 0 bridgehead atoms. The predicted molar refractivity (Wildman–Crippen MR) is 53.8 cm³/mol. The minimum Gasteiger partial charge on any atom is -0.790 e. The van der Waals surface area contributed by atoms with Gasteiger partial charge in [-0.25, -0.2) is 4.57 Å². The zero-order valence-corrected chi connectivity index (χ0v) is 24.9. The first-order valence-corrected chi connectivity index (χ1v) is 9.55. The van der Waals surface area contributed by atoms with E-state index in [2.05, 4.69) is 18.1 Å². The Morgan fingerprint density at radius 3 is 1.73 bits per heavy atom. The molecule has 0 aromatic carbocycles. The van der Waals surface area contributed by atoms with Gasteiger partial charge in [0.1, 0.15) is 18.3 Å². The Balaban J connectivity index is -0.000000605. The molecule has 3 N–H and O–H groups in total. The van der Waals surface area contributed by atoms with Gasteiger partial charge in [-0.3, -0.25) is 8.83 Å². The van der Waals surface area contributed by atoms with E-state index in [1.165, 1.54) is 0 Å². The molecule has 1 aliphatic rings. The molecular formula is C5H9Na4O14P3. The van der Waals surface area contributed by atoms with Crippen LogP contribution < -0.4 is 138 Å². The van der Waals surface area contributed by atoms with E-state index in [-0.39, 0.29) is 118 Å². The van der Waals surface area contributed by atoms with Crippen molar-refractivity contribution in [3.63, 3.8) is 0 Å². The topological polar surface area (TPSA) is 241 Å². The van der Waals surface area contributed by atoms with Crippen molar-refractivity contribution in [3.8, 4) is 0 Å². The molecule has 0 amide bonds. The van der Waals surface area contributed by atoms with Crippen LogP contribution in [0.2, 0.25) is 0 Å². The second-order valence-corrected chi connectivity index (χ2v) is 7.72.